The second-order valence-corrected chi connectivity index (χ2v) is 8.06. The Morgan fingerprint density at radius 2 is 1.42 bits per heavy atom. The van der Waals surface area contributed by atoms with Crippen LogP contribution in [0.15, 0.2) is 60.7 Å². The van der Waals surface area contributed by atoms with Crippen LogP contribution in [0.25, 0.3) is 0 Å². The molecule has 2 aromatic carbocycles. The van der Waals surface area contributed by atoms with Crippen LogP contribution in [0.4, 0.5) is 10.1 Å². The summed E-state index contributed by atoms with van der Waals surface area (Å²) in [6.45, 7) is -0.478. The number of ether oxygens (including phenoxy) is 1. The highest BCUT2D eigenvalue weighted by Crippen LogP contribution is 2.53. The smallest absolute Gasteiger partial charge is 0.338 e. The molecule has 1 heterocycles. The molecule has 1 saturated heterocycles. The Morgan fingerprint density at radius 3 is 2.00 bits per heavy atom. The van der Waals surface area contributed by atoms with Gasteiger partial charge in [-0.3, -0.25) is 19.3 Å². The SMILES string of the molecule is O=C(COC(=O)c1ccc(N2C(=O)C3C4C=CC(C4)C3C2=O)cc1)c1ccc(F)cc1. The maximum atomic E-state index is 12.9. The van der Waals surface area contributed by atoms with Crippen LogP contribution in [0.3, 0.4) is 0 Å². The normalized spacial score (nSPS) is 25.8. The van der Waals surface area contributed by atoms with Crippen molar-refractivity contribution in [3.8, 4) is 0 Å². The predicted octanol–water partition coefficient (Wildman–Crippen LogP) is 3.18. The first kappa shape index (κ1) is 19.4. The molecule has 2 bridgehead atoms. The van der Waals surface area contributed by atoms with Gasteiger partial charge in [0, 0.05) is 5.56 Å². The van der Waals surface area contributed by atoms with Crippen molar-refractivity contribution in [2.45, 2.75) is 6.42 Å². The minimum Gasteiger partial charge on any atom is -0.454 e. The first-order chi connectivity index (χ1) is 14.9. The standard InChI is InChI=1S/C24H18FNO5/c25-17-7-3-13(4-8-17)19(27)12-31-24(30)14-5-9-18(10-6-14)26-22(28)20-15-1-2-16(11-15)21(20)23(26)29/h1-10,15-16,20-21H,11-12H2. The number of esters is 1. The minimum atomic E-state index is -0.708. The third-order valence-electron chi connectivity index (χ3n) is 6.33. The average Bonchev–Trinajstić information content (AvgIpc) is 3.46. The molecule has 0 aromatic heterocycles. The maximum Gasteiger partial charge on any atom is 0.338 e. The van der Waals surface area contributed by atoms with Gasteiger partial charge in [-0.2, -0.15) is 0 Å². The number of allylic oxidation sites excluding steroid dienone is 2. The molecule has 156 valence electrons. The lowest BCUT2D eigenvalue weighted by atomic mass is 9.85. The quantitative estimate of drug-likeness (QED) is 0.322. The molecule has 1 aliphatic heterocycles. The van der Waals surface area contributed by atoms with E-state index >= 15 is 0 Å². The largest absolute Gasteiger partial charge is 0.454 e. The van der Waals surface area contributed by atoms with Gasteiger partial charge in [0.15, 0.2) is 12.4 Å². The van der Waals surface area contributed by atoms with Gasteiger partial charge in [-0.1, -0.05) is 12.2 Å². The van der Waals surface area contributed by atoms with Crippen molar-refractivity contribution in [1.29, 1.82) is 0 Å². The molecule has 6 nitrogen and oxygen atoms in total. The lowest BCUT2D eigenvalue weighted by molar-refractivity contribution is -0.123. The number of imide groups is 1. The van der Waals surface area contributed by atoms with E-state index in [0.29, 0.717) is 5.69 Å². The number of Topliss-reactive ketones (excluding diaryl/α,β-unsaturated/α-hetero) is 1. The van der Waals surface area contributed by atoms with Crippen molar-refractivity contribution in [2.75, 3.05) is 11.5 Å². The van der Waals surface area contributed by atoms with E-state index in [2.05, 4.69) is 0 Å². The topological polar surface area (TPSA) is 80.8 Å². The van der Waals surface area contributed by atoms with Crippen molar-refractivity contribution in [3.63, 3.8) is 0 Å². The number of carbonyl (C=O) groups is 4. The van der Waals surface area contributed by atoms with Crippen LogP contribution in [-0.4, -0.2) is 30.2 Å². The third kappa shape index (κ3) is 3.17. The second kappa shape index (κ2) is 7.27. The van der Waals surface area contributed by atoms with Crippen LogP contribution in [-0.2, 0) is 14.3 Å². The van der Waals surface area contributed by atoms with Gasteiger partial charge in [0.05, 0.1) is 23.1 Å². The summed E-state index contributed by atoms with van der Waals surface area (Å²) >= 11 is 0. The molecule has 2 aromatic rings. The summed E-state index contributed by atoms with van der Waals surface area (Å²) in [6.07, 6.45) is 4.93. The van der Waals surface area contributed by atoms with E-state index in [0.717, 1.165) is 18.6 Å². The summed E-state index contributed by atoms with van der Waals surface area (Å²) in [4.78, 5) is 51.3. The van der Waals surface area contributed by atoms with Crippen LogP contribution in [0, 0.1) is 29.5 Å². The Labute approximate surface area is 177 Å². The highest BCUT2D eigenvalue weighted by Gasteiger charge is 2.59. The molecule has 4 unspecified atom stereocenters. The first-order valence-electron chi connectivity index (χ1n) is 10.1. The summed E-state index contributed by atoms with van der Waals surface area (Å²) in [7, 11) is 0. The van der Waals surface area contributed by atoms with Crippen molar-refractivity contribution in [3.05, 3.63) is 77.6 Å². The van der Waals surface area contributed by atoms with Crippen molar-refractivity contribution < 1.29 is 28.3 Å². The number of benzene rings is 2. The van der Waals surface area contributed by atoms with Gasteiger partial charge in [0.2, 0.25) is 11.8 Å². The van der Waals surface area contributed by atoms with Crippen LogP contribution in [0.1, 0.15) is 27.1 Å². The zero-order chi connectivity index (χ0) is 21.7. The summed E-state index contributed by atoms with van der Waals surface area (Å²) < 4.78 is 18.0. The number of fused-ring (bicyclic) bond motifs is 5. The summed E-state index contributed by atoms with van der Waals surface area (Å²) in [5.41, 5.74) is 0.851. The Hall–Kier alpha value is -3.61. The van der Waals surface area contributed by atoms with Crippen molar-refractivity contribution in [2.24, 2.45) is 23.7 Å². The van der Waals surface area contributed by atoms with Crippen LogP contribution in [0.5, 0.6) is 0 Å². The van der Waals surface area contributed by atoms with E-state index in [1.165, 1.54) is 41.3 Å². The van der Waals surface area contributed by atoms with Gasteiger partial charge in [0.25, 0.3) is 0 Å². The lowest BCUT2D eigenvalue weighted by Gasteiger charge is -2.17. The molecule has 4 atom stereocenters. The van der Waals surface area contributed by atoms with Crippen LogP contribution < -0.4 is 4.90 Å². The monoisotopic (exact) mass is 419 g/mol. The number of rotatable bonds is 5. The molecule has 0 N–H and O–H groups in total. The van der Waals surface area contributed by atoms with Gasteiger partial charge < -0.3 is 4.74 Å². The highest BCUT2D eigenvalue weighted by molar-refractivity contribution is 6.22. The number of carbonyl (C=O) groups excluding carboxylic acids is 4. The number of halogens is 1. The van der Waals surface area contributed by atoms with Gasteiger partial charge in [-0.25, -0.2) is 9.18 Å². The van der Waals surface area contributed by atoms with Crippen molar-refractivity contribution >= 4 is 29.3 Å². The Morgan fingerprint density at radius 1 is 0.871 bits per heavy atom. The number of anilines is 1. The molecule has 2 fully saturated rings. The molecule has 5 rings (SSSR count). The number of hydrogen-bond acceptors (Lipinski definition) is 5. The van der Waals surface area contributed by atoms with E-state index in [1.54, 1.807) is 0 Å². The first-order valence-corrected chi connectivity index (χ1v) is 10.1. The van der Waals surface area contributed by atoms with Gasteiger partial charge in [0.1, 0.15) is 5.82 Å². The van der Waals surface area contributed by atoms with Crippen LogP contribution in [0.2, 0.25) is 0 Å². The molecule has 2 amide bonds. The zero-order valence-electron chi connectivity index (χ0n) is 16.4. The molecular weight excluding hydrogens is 401 g/mol. The number of hydrogen-bond donors (Lipinski definition) is 0. The number of ketones is 1. The van der Waals surface area contributed by atoms with Crippen LogP contribution >= 0.6 is 0 Å². The van der Waals surface area contributed by atoms with E-state index in [4.69, 9.17) is 4.74 Å². The van der Waals surface area contributed by atoms with E-state index in [-0.39, 0.29) is 46.6 Å². The molecule has 0 spiro atoms. The van der Waals surface area contributed by atoms with Gasteiger partial charge in [-0.15, -0.1) is 0 Å². The maximum absolute atomic E-state index is 12.9. The van der Waals surface area contributed by atoms with E-state index < -0.39 is 24.2 Å². The highest BCUT2D eigenvalue weighted by atomic mass is 19.1. The third-order valence-corrected chi connectivity index (χ3v) is 6.33. The Bertz CT molecular complexity index is 1090. The van der Waals surface area contributed by atoms with Gasteiger partial charge >= 0.3 is 5.97 Å². The predicted molar refractivity (Wildman–Crippen MR) is 108 cm³/mol. The molecule has 0 radical (unpaired) electrons. The second-order valence-electron chi connectivity index (χ2n) is 8.06. The zero-order valence-corrected chi connectivity index (χ0v) is 16.4. The number of nitrogens with zero attached hydrogens (tertiary/aromatic N) is 1. The van der Waals surface area contributed by atoms with Gasteiger partial charge in [-0.05, 0) is 66.8 Å². The minimum absolute atomic E-state index is 0.129. The summed E-state index contributed by atoms with van der Waals surface area (Å²) in [5, 5.41) is 0. The van der Waals surface area contributed by atoms with Crippen molar-refractivity contribution in [1.82, 2.24) is 0 Å². The fourth-order valence-corrected chi connectivity index (χ4v) is 4.84. The summed E-state index contributed by atoms with van der Waals surface area (Å²) in [6, 6.07) is 10.9. The Kier molecular flexibility index (Phi) is 4.54. The Balaban J connectivity index is 1.24. The fourth-order valence-electron chi connectivity index (χ4n) is 4.84. The molecule has 31 heavy (non-hydrogen) atoms. The molecule has 3 aliphatic rings. The average molecular weight is 419 g/mol. The molecule has 2 aliphatic carbocycles. The fraction of sp³-hybridized carbons (Fsp3) is 0.250. The molecular formula is C24H18FNO5. The molecule has 7 heteroatoms. The van der Waals surface area contributed by atoms with E-state index in [9.17, 15) is 23.6 Å². The number of amides is 2. The lowest BCUT2D eigenvalue weighted by Crippen LogP contribution is -2.32. The summed E-state index contributed by atoms with van der Waals surface area (Å²) in [5.74, 6) is -2.31. The molecule has 1 saturated carbocycles. The van der Waals surface area contributed by atoms with E-state index in [1.807, 2.05) is 12.2 Å².